The molecule has 3 aromatic heterocycles. The molecule has 2 aliphatic heterocycles. The van der Waals surface area contributed by atoms with Crippen LogP contribution >= 0.6 is 0 Å². The number of hydrogen-bond acceptors (Lipinski definition) is 8. The molecule has 2 aliphatic rings. The molecule has 0 bridgehead atoms. The van der Waals surface area contributed by atoms with Crippen molar-refractivity contribution in [2.24, 2.45) is 0 Å². The summed E-state index contributed by atoms with van der Waals surface area (Å²) in [5.41, 5.74) is -4.55. The first-order valence-electron chi connectivity index (χ1n) is 11.1. The fraction of sp³-hybridized carbons (Fsp3) is 0.429. The minimum absolute atomic E-state index is 0.00702. The molecule has 16 heteroatoms. The van der Waals surface area contributed by atoms with Crippen molar-refractivity contribution in [3.05, 3.63) is 35.9 Å². The second-order valence-corrected chi connectivity index (χ2v) is 10.4. The molecule has 2 fully saturated rings. The topological polar surface area (TPSA) is 146 Å². The fourth-order valence-electron chi connectivity index (χ4n) is 4.77. The standard InChI is InChI=1S/C21H20F3N7O5S/c1-12-17(7-27-31(12)16-10-29(11-16)15-2-3-28(9-15)20(32)33)13-4-18(36-37(34,35)21(22,23)24)19-14(5-25)6-26-30(19)8-13/h4,6-8,15-16H,2-3,9-11H2,1H3,(H,32,33). The van der Waals surface area contributed by atoms with Crippen molar-refractivity contribution in [2.45, 2.75) is 30.9 Å². The summed E-state index contributed by atoms with van der Waals surface area (Å²) in [6.45, 7) is 4.02. The van der Waals surface area contributed by atoms with Gasteiger partial charge in [-0.3, -0.25) is 9.58 Å². The van der Waals surface area contributed by atoms with Crippen LogP contribution in [-0.4, -0.2) is 86.5 Å². The number of nitrogens with zero attached hydrogens (tertiary/aromatic N) is 7. The molecule has 0 aromatic carbocycles. The Balaban J connectivity index is 1.43. The minimum atomic E-state index is -6.00. The average molecular weight is 539 g/mol. The molecule has 1 atom stereocenters. The molecule has 1 N–H and O–H groups in total. The lowest BCUT2D eigenvalue weighted by Gasteiger charge is -2.43. The van der Waals surface area contributed by atoms with E-state index in [1.807, 2.05) is 0 Å². The first-order valence-corrected chi connectivity index (χ1v) is 12.5. The third kappa shape index (κ3) is 4.23. The number of halogens is 3. The first-order chi connectivity index (χ1) is 17.4. The number of amides is 1. The van der Waals surface area contributed by atoms with Crippen molar-refractivity contribution in [3.8, 4) is 22.9 Å². The van der Waals surface area contributed by atoms with Gasteiger partial charge in [-0.25, -0.2) is 9.31 Å². The molecular formula is C21H20F3N7O5S. The lowest BCUT2D eigenvalue weighted by Crippen LogP contribution is -2.54. The van der Waals surface area contributed by atoms with Gasteiger partial charge in [0.05, 0.1) is 18.4 Å². The maximum Gasteiger partial charge on any atom is 0.534 e. The van der Waals surface area contributed by atoms with Crippen LogP contribution in [0.1, 0.15) is 23.7 Å². The second-order valence-electron chi connectivity index (χ2n) is 8.91. The monoisotopic (exact) mass is 539 g/mol. The molecule has 5 rings (SSSR count). The molecule has 0 radical (unpaired) electrons. The highest BCUT2D eigenvalue weighted by molar-refractivity contribution is 7.88. The normalized spacial score (nSPS) is 19.2. The molecule has 12 nitrogen and oxygen atoms in total. The summed E-state index contributed by atoms with van der Waals surface area (Å²) in [6.07, 6.45) is 3.87. The molecule has 3 aromatic rings. The van der Waals surface area contributed by atoms with E-state index in [-0.39, 0.29) is 23.2 Å². The summed E-state index contributed by atoms with van der Waals surface area (Å²) in [6, 6.07) is 3.01. The highest BCUT2D eigenvalue weighted by atomic mass is 32.2. The maximum absolute atomic E-state index is 13.0. The van der Waals surface area contributed by atoms with Gasteiger partial charge in [0.2, 0.25) is 0 Å². The largest absolute Gasteiger partial charge is 0.534 e. The van der Waals surface area contributed by atoms with Gasteiger partial charge in [-0.05, 0) is 19.4 Å². The fourth-order valence-corrected chi connectivity index (χ4v) is 5.23. The summed E-state index contributed by atoms with van der Waals surface area (Å²) < 4.78 is 69.8. The van der Waals surface area contributed by atoms with Crippen molar-refractivity contribution >= 4 is 21.7 Å². The zero-order valence-electron chi connectivity index (χ0n) is 19.3. The molecule has 0 saturated carbocycles. The Morgan fingerprint density at radius 3 is 2.57 bits per heavy atom. The molecule has 5 heterocycles. The Bertz CT molecular complexity index is 1540. The quantitative estimate of drug-likeness (QED) is 0.381. The van der Waals surface area contributed by atoms with Crippen molar-refractivity contribution in [1.82, 2.24) is 29.2 Å². The van der Waals surface area contributed by atoms with Gasteiger partial charge in [0.25, 0.3) is 0 Å². The number of rotatable bonds is 5. The van der Waals surface area contributed by atoms with Gasteiger partial charge < -0.3 is 14.2 Å². The number of aromatic nitrogens is 4. The Kier molecular flexibility index (Phi) is 5.79. The van der Waals surface area contributed by atoms with Gasteiger partial charge in [-0.2, -0.15) is 37.0 Å². The number of pyridine rings is 1. The van der Waals surface area contributed by atoms with Crippen LogP contribution in [0.5, 0.6) is 5.75 Å². The number of carbonyl (C=O) groups is 1. The van der Waals surface area contributed by atoms with E-state index in [0.717, 1.165) is 23.2 Å². The van der Waals surface area contributed by atoms with Crippen LogP contribution in [0.2, 0.25) is 0 Å². The number of nitriles is 1. The molecule has 37 heavy (non-hydrogen) atoms. The zero-order valence-corrected chi connectivity index (χ0v) is 20.1. The molecular weight excluding hydrogens is 519 g/mol. The lowest BCUT2D eigenvalue weighted by atomic mass is 10.0. The Morgan fingerprint density at radius 1 is 1.22 bits per heavy atom. The molecule has 0 spiro atoms. The van der Waals surface area contributed by atoms with Gasteiger partial charge in [0, 0.05) is 55.2 Å². The van der Waals surface area contributed by atoms with Gasteiger partial charge in [0.15, 0.2) is 5.75 Å². The number of likely N-dealkylation sites (tertiary alicyclic amines) is 2. The predicted molar refractivity (Wildman–Crippen MR) is 120 cm³/mol. The summed E-state index contributed by atoms with van der Waals surface area (Å²) in [4.78, 5) is 14.7. The molecule has 1 amide bonds. The minimum Gasteiger partial charge on any atom is -0.465 e. The lowest BCUT2D eigenvalue weighted by molar-refractivity contribution is -0.0499. The summed E-state index contributed by atoms with van der Waals surface area (Å²) in [5.74, 6) is -0.685. The van der Waals surface area contributed by atoms with Crippen molar-refractivity contribution in [3.63, 3.8) is 0 Å². The van der Waals surface area contributed by atoms with Crippen molar-refractivity contribution < 1.29 is 35.7 Å². The van der Waals surface area contributed by atoms with Gasteiger partial charge in [0.1, 0.15) is 17.1 Å². The van der Waals surface area contributed by atoms with E-state index in [4.69, 9.17) is 5.11 Å². The maximum atomic E-state index is 13.0. The number of carboxylic acid groups (broad SMARTS) is 1. The van der Waals surface area contributed by atoms with Crippen LogP contribution in [0, 0.1) is 18.3 Å². The number of hydrogen-bond donors (Lipinski definition) is 1. The Morgan fingerprint density at radius 2 is 1.95 bits per heavy atom. The van der Waals surface area contributed by atoms with Gasteiger partial charge in [-0.1, -0.05) is 0 Å². The third-order valence-electron chi connectivity index (χ3n) is 6.72. The highest BCUT2D eigenvalue weighted by Gasteiger charge is 2.49. The van der Waals surface area contributed by atoms with Gasteiger partial charge in [-0.15, -0.1) is 0 Å². The van der Waals surface area contributed by atoms with Gasteiger partial charge >= 0.3 is 21.7 Å². The number of fused-ring (bicyclic) bond motifs is 1. The van der Waals surface area contributed by atoms with E-state index in [1.165, 1.54) is 17.3 Å². The highest BCUT2D eigenvalue weighted by Crippen LogP contribution is 2.36. The average Bonchev–Trinajstić information content (AvgIpc) is 3.51. The number of alkyl halides is 3. The van der Waals surface area contributed by atoms with E-state index in [1.54, 1.807) is 17.7 Å². The molecule has 1 unspecified atom stereocenters. The van der Waals surface area contributed by atoms with Crippen LogP contribution in [0.15, 0.2) is 24.7 Å². The van der Waals surface area contributed by atoms with Crippen molar-refractivity contribution in [1.29, 1.82) is 5.26 Å². The smallest absolute Gasteiger partial charge is 0.465 e. The van der Waals surface area contributed by atoms with Crippen molar-refractivity contribution in [2.75, 3.05) is 26.2 Å². The summed E-state index contributed by atoms with van der Waals surface area (Å²) >= 11 is 0. The third-order valence-corrected chi connectivity index (χ3v) is 7.69. The predicted octanol–water partition coefficient (Wildman–Crippen LogP) is 2.22. The summed E-state index contributed by atoms with van der Waals surface area (Å²) in [7, 11) is -6.00. The Hall–Kier alpha value is -3.84. The van der Waals surface area contributed by atoms with Crippen LogP contribution in [0.3, 0.4) is 0 Å². The second kappa shape index (κ2) is 8.63. The molecule has 2 saturated heterocycles. The first kappa shape index (κ1) is 24.8. The Labute approximate surface area is 208 Å². The van der Waals surface area contributed by atoms with E-state index in [9.17, 15) is 31.6 Å². The SMILES string of the molecule is Cc1c(-c2cc(OS(=O)(=O)C(F)(F)F)c3c(C#N)cnn3c2)cnn1C1CN(C2CCN(C(=O)O)C2)C1. The molecule has 0 aliphatic carbocycles. The van der Waals surface area contributed by atoms with E-state index in [0.29, 0.717) is 43.0 Å². The van der Waals surface area contributed by atoms with Crippen LogP contribution in [0.4, 0.5) is 18.0 Å². The van der Waals surface area contributed by atoms with Crippen LogP contribution < -0.4 is 4.18 Å². The van der Waals surface area contributed by atoms with E-state index in [2.05, 4.69) is 19.3 Å². The summed E-state index contributed by atoms with van der Waals surface area (Å²) in [5, 5.41) is 26.8. The van der Waals surface area contributed by atoms with E-state index >= 15 is 0 Å². The van der Waals surface area contributed by atoms with Crippen LogP contribution in [-0.2, 0) is 10.1 Å². The molecule has 196 valence electrons. The van der Waals surface area contributed by atoms with Crippen LogP contribution in [0.25, 0.3) is 16.6 Å². The van der Waals surface area contributed by atoms with E-state index < -0.39 is 27.5 Å². The zero-order chi connectivity index (χ0) is 26.7.